The Bertz CT molecular complexity index is 876. The van der Waals surface area contributed by atoms with Gasteiger partial charge < -0.3 is 14.6 Å². The van der Waals surface area contributed by atoms with Crippen molar-refractivity contribution in [3.63, 3.8) is 0 Å². The maximum atomic E-state index is 12.5. The van der Waals surface area contributed by atoms with Gasteiger partial charge in [-0.3, -0.25) is 4.79 Å². The van der Waals surface area contributed by atoms with E-state index >= 15 is 0 Å². The molecule has 25 heavy (non-hydrogen) atoms. The molecule has 1 aromatic heterocycles. The second kappa shape index (κ2) is 7.19. The van der Waals surface area contributed by atoms with E-state index < -0.39 is 22.0 Å². The predicted molar refractivity (Wildman–Crippen MR) is 88.6 cm³/mol. The summed E-state index contributed by atoms with van der Waals surface area (Å²) in [5.74, 6) is 0.528. The number of carbonyl (C=O) groups excluding carboxylic acids is 1. The molecule has 0 saturated carbocycles. The van der Waals surface area contributed by atoms with Crippen LogP contribution in [-0.2, 0) is 10.0 Å². The molecule has 1 unspecified atom stereocenters. The number of primary sulfonamides is 1. The Kier molecular flexibility index (Phi) is 5.43. The van der Waals surface area contributed by atoms with Crippen LogP contribution in [0.5, 0.6) is 5.75 Å². The van der Waals surface area contributed by atoms with Crippen molar-refractivity contribution in [2.24, 2.45) is 5.14 Å². The number of carbonyl (C=O) groups is 1. The highest BCUT2D eigenvalue weighted by Gasteiger charge is 2.22. The number of methoxy groups -OCH3 is 1. The minimum absolute atomic E-state index is 0.0319. The molecule has 0 fully saturated rings. The third kappa shape index (κ3) is 4.34. The molecule has 3 N–H and O–H groups in total. The maximum absolute atomic E-state index is 12.5. The van der Waals surface area contributed by atoms with Gasteiger partial charge in [0, 0.05) is 5.92 Å². The number of nitrogens with two attached hydrogens (primary N) is 1. The van der Waals surface area contributed by atoms with Crippen LogP contribution in [0, 0.1) is 0 Å². The van der Waals surface area contributed by atoms with Crippen LogP contribution in [-0.4, -0.2) is 31.6 Å². The van der Waals surface area contributed by atoms with Crippen molar-refractivity contribution in [3.8, 4) is 5.75 Å². The summed E-state index contributed by atoms with van der Waals surface area (Å²) >= 11 is 0. The number of nitrogens with zero attached hydrogens (tertiary/aromatic N) is 2. The predicted octanol–water partition coefficient (Wildman–Crippen LogP) is 1.34. The van der Waals surface area contributed by atoms with Gasteiger partial charge in [0.25, 0.3) is 5.91 Å². The first-order valence-electron chi connectivity index (χ1n) is 7.48. The number of aromatic nitrogens is 2. The van der Waals surface area contributed by atoms with Gasteiger partial charge in [-0.15, -0.1) is 0 Å². The Hall–Kier alpha value is -2.46. The first-order valence-corrected chi connectivity index (χ1v) is 9.03. The van der Waals surface area contributed by atoms with Gasteiger partial charge in [-0.1, -0.05) is 19.0 Å². The van der Waals surface area contributed by atoms with E-state index in [1.807, 2.05) is 13.8 Å². The van der Waals surface area contributed by atoms with Crippen LogP contribution in [0.3, 0.4) is 0 Å². The summed E-state index contributed by atoms with van der Waals surface area (Å²) in [5, 5.41) is 11.6. The average Bonchev–Trinajstić information content (AvgIpc) is 3.03. The lowest BCUT2D eigenvalue weighted by Crippen LogP contribution is -2.27. The molecule has 2 aromatic rings. The topological polar surface area (TPSA) is 137 Å². The quantitative estimate of drug-likeness (QED) is 0.784. The van der Waals surface area contributed by atoms with E-state index in [4.69, 9.17) is 14.4 Å². The summed E-state index contributed by atoms with van der Waals surface area (Å²) in [5.41, 5.74) is 0.0319. The highest BCUT2D eigenvalue weighted by atomic mass is 32.2. The van der Waals surface area contributed by atoms with E-state index in [1.165, 1.54) is 19.2 Å². The molecular formula is C15H20N4O5S. The van der Waals surface area contributed by atoms with E-state index in [2.05, 4.69) is 15.5 Å². The fraction of sp³-hybridized carbons (Fsp3) is 0.400. The van der Waals surface area contributed by atoms with Crippen molar-refractivity contribution in [2.75, 3.05) is 7.11 Å². The van der Waals surface area contributed by atoms with Gasteiger partial charge in [0.15, 0.2) is 5.82 Å². The van der Waals surface area contributed by atoms with Crippen LogP contribution in [0.25, 0.3) is 0 Å². The van der Waals surface area contributed by atoms with Gasteiger partial charge in [-0.05, 0) is 25.1 Å². The van der Waals surface area contributed by atoms with Gasteiger partial charge in [0.2, 0.25) is 15.9 Å². The molecule has 0 aliphatic heterocycles. The second-order valence-electron chi connectivity index (χ2n) is 5.75. The largest absolute Gasteiger partial charge is 0.496 e. The zero-order chi connectivity index (χ0) is 18.8. The zero-order valence-corrected chi connectivity index (χ0v) is 15.1. The van der Waals surface area contributed by atoms with Gasteiger partial charge in [0.1, 0.15) is 11.8 Å². The first kappa shape index (κ1) is 18.9. The van der Waals surface area contributed by atoms with Crippen LogP contribution in [0.4, 0.5) is 0 Å². The molecule has 0 saturated heterocycles. The molecule has 0 radical (unpaired) electrons. The zero-order valence-electron chi connectivity index (χ0n) is 14.3. The molecule has 0 aliphatic carbocycles. The monoisotopic (exact) mass is 368 g/mol. The lowest BCUT2D eigenvalue weighted by Gasteiger charge is -2.13. The number of sulfonamides is 1. The Morgan fingerprint density at radius 2 is 2.00 bits per heavy atom. The molecule has 136 valence electrons. The van der Waals surface area contributed by atoms with E-state index in [-0.39, 0.29) is 28.0 Å². The Morgan fingerprint density at radius 3 is 2.52 bits per heavy atom. The van der Waals surface area contributed by atoms with Crippen molar-refractivity contribution in [1.82, 2.24) is 15.5 Å². The summed E-state index contributed by atoms with van der Waals surface area (Å²) in [6.45, 7) is 5.51. The normalized spacial score (nSPS) is 12.9. The standard InChI is InChI=1S/C15H20N4O5S/c1-8(2)13-18-15(24-19-13)9(3)17-14(20)11-7-10(25(16,21)22)5-6-12(11)23-4/h5-9H,1-4H3,(H,17,20)(H2,16,21,22). The van der Waals surface area contributed by atoms with Crippen LogP contribution in [0.15, 0.2) is 27.6 Å². The van der Waals surface area contributed by atoms with Gasteiger partial charge in [-0.2, -0.15) is 4.98 Å². The summed E-state index contributed by atoms with van der Waals surface area (Å²) < 4.78 is 33.2. The third-order valence-electron chi connectivity index (χ3n) is 3.44. The lowest BCUT2D eigenvalue weighted by molar-refractivity contribution is 0.0929. The maximum Gasteiger partial charge on any atom is 0.255 e. The Labute approximate surface area is 145 Å². The third-order valence-corrected chi connectivity index (χ3v) is 4.35. The summed E-state index contributed by atoms with van der Waals surface area (Å²) in [4.78, 5) is 16.5. The summed E-state index contributed by atoms with van der Waals surface area (Å²) in [6, 6.07) is 3.21. The molecule has 2 rings (SSSR count). The van der Waals surface area contributed by atoms with Crippen molar-refractivity contribution in [1.29, 1.82) is 0 Å². The molecule has 9 nitrogen and oxygen atoms in total. The molecule has 1 aromatic carbocycles. The lowest BCUT2D eigenvalue weighted by atomic mass is 10.1. The van der Waals surface area contributed by atoms with Crippen LogP contribution < -0.4 is 15.2 Å². The van der Waals surface area contributed by atoms with Gasteiger partial charge in [-0.25, -0.2) is 13.6 Å². The highest BCUT2D eigenvalue weighted by Crippen LogP contribution is 2.23. The number of hydrogen-bond acceptors (Lipinski definition) is 7. The van der Waals surface area contributed by atoms with E-state index in [1.54, 1.807) is 6.92 Å². The molecule has 1 atom stereocenters. The SMILES string of the molecule is COc1ccc(S(N)(=O)=O)cc1C(=O)NC(C)c1nc(C(C)C)no1. The average molecular weight is 368 g/mol. The Morgan fingerprint density at radius 1 is 1.32 bits per heavy atom. The number of benzene rings is 1. The molecular weight excluding hydrogens is 348 g/mol. The number of amides is 1. The van der Waals surface area contributed by atoms with Crippen molar-refractivity contribution < 1.29 is 22.5 Å². The summed E-state index contributed by atoms with van der Waals surface area (Å²) in [7, 11) is -2.57. The fourth-order valence-corrected chi connectivity index (χ4v) is 2.58. The number of nitrogens with one attached hydrogen (secondary N) is 1. The molecule has 0 spiro atoms. The fourth-order valence-electron chi connectivity index (χ4n) is 2.04. The highest BCUT2D eigenvalue weighted by molar-refractivity contribution is 7.89. The molecule has 10 heteroatoms. The number of ether oxygens (including phenoxy) is 1. The Balaban J connectivity index is 2.27. The van der Waals surface area contributed by atoms with Crippen molar-refractivity contribution in [2.45, 2.75) is 37.6 Å². The van der Waals surface area contributed by atoms with Crippen molar-refractivity contribution in [3.05, 3.63) is 35.5 Å². The molecule has 1 heterocycles. The molecule has 1 amide bonds. The van der Waals surface area contributed by atoms with Gasteiger partial charge in [0.05, 0.1) is 17.6 Å². The van der Waals surface area contributed by atoms with E-state index in [0.717, 1.165) is 6.07 Å². The van der Waals surface area contributed by atoms with Crippen LogP contribution in [0.2, 0.25) is 0 Å². The van der Waals surface area contributed by atoms with Crippen LogP contribution >= 0.6 is 0 Å². The molecule has 0 aliphatic rings. The second-order valence-corrected chi connectivity index (χ2v) is 7.31. The minimum atomic E-state index is -3.95. The van der Waals surface area contributed by atoms with E-state index in [0.29, 0.717) is 5.82 Å². The summed E-state index contributed by atoms with van der Waals surface area (Å²) in [6.07, 6.45) is 0. The van der Waals surface area contributed by atoms with E-state index in [9.17, 15) is 13.2 Å². The van der Waals surface area contributed by atoms with Crippen LogP contribution in [0.1, 0.15) is 54.8 Å². The molecule has 0 bridgehead atoms. The number of hydrogen-bond donors (Lipinski definition) is 2. The first-order chi connectivity index (χ1) is 11.6. The van der Waals surface area contributed by atoms with Crippen molar-refractivity contribution >= 4 is 15.9 Å². The minimum Gasteiger partial charge on any atom is -0.496 e. The smallest absolute Gasteiger partial charge is 0.255 e. The van der Waals surface area contributed by atoms with Gasteiger partial charge >= 0.3 is 0 Å². The number of rotatable bonds is 6.